The second-order valence-corrected chi connectivity index (χ2v) is 7.56. The van der Waals surface area contributed by atoms with Gasteiger partial charge in [0.05, 0.1) is 16.2 Å². The monoisotopic (exact) mass is 270 g/mol. The number of carbonyl (C=O) groups is 1. The molecule has 100 valence electrons. The zero-order valence-electron chi connectivity index (χ0n) is 11.0. The Morgan fingerprint density at radius 3 is 2.22 bits per heavy atom. The number of benzene rings is 1. The van der Waals surface area contributed by atoms with Crippen molar-refractivity contribution >= 4 is 15.8 Å². The number of aryl methyl sites for hydroxylation is 1. The van der Waals surface area contributed by atoms with E-state index in [9.17, 15) is 13.2 Å². The van der Waals surface area contributed by atoms with E-state index in [0.29, 0.717) is 5.56 Å². The first kappa shape index (κ1) is 14.7. The first-order valence-electron chi connectivity index (χ1n) is 5.60. The van der Waals surface area contributed by atoms with Gasteiger partial charge in [0.15, 0.2) is 9.84 Å². The third-order valence-corrected chi connectivity index (χ3v) is 4.75. The van der Waals surface area contributed by atoms with Crippen LogP contribution in [-0.4, -0.2) is 25.2 Å². The molecule has 0 fully saturated rings. The summed E-state index contributed by atoms with van der Waals surface area (Å²) < 4.78 is 24.4. The Morgan fingerprint density at radius 1 is 1.28 bits per heavy atom. The van der Waals surface area contributed by atoms with Crippen LogP contribution in [0.25, 0.3) is 0 Å². The summed E-state index contributed by atoms with van der Waals surface area (Å²) in [6, 6.07) is 4.09. The number of hydrogen-bond acceptors (Lipinski definition) is 3. The van der Waals surface area contributed by atoms with Gasteiger partial charge in [-0.15, -0.1) is 0 Å². The molecule has 0 amide bonds. The van der Waals surface area contributed by atoms with Crippen LogP contribution >= 0.6 is 0 Å². The van der Waals surface area contributed by atoms with Crippen LogP contribution in [-0.2, 0) is 9.84 Å². The summed E-state index contributed by atoms with van der Waals surface area (Å²) in [5.74, 6) is -1.02. The Kier molecular flexibility index (Phi) is 3.86. The molecule has 18 heavy (non-hydrogen) atoms. The highest BCUT2D eigenvalue weighted by atomic mass is 32.2. The second kappa shape index (κ2) is 4.72. The molecule has 1 N–H and O–H groups in total. The smallest absolute Gasteiger partial charge is 0.335 e. The van der Waals surface area contributed by atoms with Gasteiger partial charge in [0.25, 0.3) is 0 Å². The van der Waals surface area contributed by atoms with Crippen LogP contribution in [0.2, 0.25) is 0 Å². The molecule has 0 bridgehead atoms. The highest BCUT2D eigenvalue weighted by Crippen LogP contribution is 2.24. The van der Waals surface area contributed by atoms with Crippen LogP contribution in [0.15, 0.2) is 23.1 Å². The molecule has 4 nitrogen and oxygen atoms in total. The molecule has 5 heteroatoms. The van der Waals surface area contributed by atoms with Crippen LogP contribution in [0, 0.1) is 12.3 Å². The van der Waals surface area contributed by atoms with Crippen molar-refractivity contribution in [3.63, 3.8) is 0 Å². The minimum Gasteiger partial charge on any atom is -0.478 e. The van der Waals surface area contributed by atoms with Crippen molar-refractivity contribution in [1.82, 2.24) is 0 Å². The van der Waals surface area contributed by atoms with Crippen molar-refractivity contribution in [2.45, 2.75) is 32.6 Å². The molecule has 0 saturated carbocycles. The molecule has 0 aliphatic heterocycles. The summed E-state index contributed by atoms with van der Waals surface area (Å²) in [6.45, 7) is 7.17. The van der Waals surface area contributed by atoms with Crippen LogP contribution in [0.4, 0.5) is 0 Å². The molecule has 0 aliphatic carbocycles. The maximum atomic E-state index is 12.2. The lowest BCUT2D eigenvalue weighted by atomic mass is 10.0. The third-order valence-electron chi connectivity index (χ3n) is 2.38. The van der Waals surface area contributed by atoms with E-state index in [0.717, 1.165) is 0 Å². The van der Waals surface area contributed by atoms with E-state index in [2.05, 4.69) is 0 Å². The van der Waals surface area contributed by atoms with E-state index >= 15 is 0 Å². The van der Waals surface area contributed by atoms with Crippen LogP contribution in [0.5, 0.6) is 0 Å². The zero-order chi connectivity index (χ0) is 14.1. The van der Waals surface area contributed by atoms with Crippen LogP contribution < -0.4 is 0 Å². The minimum absolute atomic E-state index is 0.0350. The van der Waals surface area contributed by atoms with E-state index < -0.39 is 15.8 Å². The molecular formula is C13H18O4S. The molecule has 0 unspecified atom stereocenters. The highest BCUT2D eigenvalue weighted by molar-refractivity contribution is 7.91. The lowest BCUT2D eigenvalue weighted by molar-refractivity contribution is 0.0696. The quantitative estimate of drug-likeness (QED) is 0.916. The Hall–Kier alpha value is -1.36. The molecule has 0 aliphatic rings. The molecule has 0 aromatic heterocycles. The first-order valence-corrected chi connectivity index (χ1v) is 7.25. The van der Waals surface area contributed by atoms with Gasteiger partial charge in [-0.05, 0) is 36.1 Å². The summed E-state index contributed by atoms with van der Waals surface area (Å²) in [4.78, 5) is 11.0. The number of carboxylic acid groups (broad SMARTS) is 1. The summed E-state index contributed by atoms with van der Waals surface area (Å²) in [7, 11) is -3.38. The van der Waals surface area contributed by atoms with Gasteiger partial charge >= 0.3 is 5.97 Å². The zero-order valence-corrected chi connectivity index (χ0v) is 11.8. The van der Waals surface area contributed by atoms with Gasteiger partial charge in [-0.3, -0.25) is 0 Å². The topological polar surface area (TPSA) is 71.4 Å². The fraction of sp³-hybridized carbons (Fsp3) is 0.462. The predicted molar refractivity (Wildman–Crippen MR) is 69.6 cm³/mol. The number of sulfone groups is 1. The van der Waals surface area contributed by atoms with Gasteiger partial charge in [0, 0.05) is 0 Å². The van der Waals surface area contributed by atoms with E-state index in [1.807, 2.05) is 20.8 Å². The minimum atomic E-state index is -3.38. The molecule has 0 spiro atoms. The van der Waals surface area contributed by atoms with Gasteiger partial charge in [0.2, 0.25) is 0 Å². The SMILES string of the molecule is Cc1cc(C(=O)O)ccc1S(=O)(=O)CC(C)(C)C. The summed E-state index contributed by atoms with van der Waals surface area (Å²) >= 11 is 0. The van der Waals surface area contributed by atoms with Crippen molar-refractivity contribution < 1.29 is 18.3 Å². The lowest BCUT2D eigenvalue weighted by Crippen LogP contribution is -2.21. The summed E-state index contributed by atoms with van der Waals surface area (Å²) in [5, 5.41) is 8.84. The average molecular weight is 270 g/mol. The van der Waals surface area contributed by atoms with Crippen molar-refractivity contribution in [3.8, 4) is 0 Å². The molecule has 0 heterocycles. The van der Waals surface area contributed by atoms with Crippen LogP contribution in [0.1, 0.15) is 36.7 Å². The van der Waals surface area contributed by atoms with E-state index in [-0.39, 0.29) is 21.6 Å². The largest absolute Gasteiger partial charge is 0.478 e. The first-order chi connectivity index (χ1) is 8.03. The van der Waals surface area contributed by atoms with Crippen molar-refractivity contribution in [1.29, 1.82) is 0 Å². The molecule has 1 aromatic rings. The van der Waals surface area contributed by atoms with Gasteiger partial charge < -0.3 is 5.11 Å². The number of aromatic carboxylic acids is 1. The fourth-order valence-electron chi connectivity index (χ4n) is 1.78. The van der Waals surface area contributed by atoms with Crippen molar-refractivity contribution in [3.05, 3.63) is 29.3 Å². The van der Waals surface area contributed by atoms with E-state index in [1.165, 1.54) is 18.2 Å². The van der Waals surface area contributed by atoms with Crippen LogP contribution in [0.3, 0.4) is 0 Å². The van der Waals surface area contributed by atoms with E-state index in [4.69, 9.17) is 5.11 Å². The highest BCUT2D eigenvalue weighted by Gasteiger charge is 2.25. The second-order valence-electron chi connectivity index (χ2n) is 5.61. The average Bonchev–Trinajstić information content (AvgIpc) is 2.12. The molecule has 1 aromatic carbocycles. The molecule has 1 rings (SSSR count). The standard InChI is InChI=1S/C13H18O4S/c1-9-7-10(12(14)15)5-6-11(9)18(16,17)8-13(2,3)4/h5-7H,8H2,1-4H3,(H,14,15). The Labute approximate surface area is 108 Å². The summed E-state index contributed by atoms with van der Waals surface area (Å²) in [6.07, 6.45) is 0. The Balaban J connectivity index is 3.23. The number of hydrogen-bond donors (Lipinski definition) is 1. The molecule has 0 radical (unpaired) electrons. The maximum Gasteiger partial charge on any atom is 0.335 e. The maximum absolute atomic E-state index is 12.2. The van der Waals surface area contributed by atoms with Crippen molar-refractivity contribution in [2.75, 3.05) is 5.75 Å². The third kappa shape index (κ3) is 3.57. The Bertz CT molecular complexity index is 565. The van der Waals surface area contributed by atoms with E-state index in [1.54, 1.807) is 6.92 Å². The molecule has 0 saturated heterocycles. The van der Waals surface area contributed by atoms with Gasteiger partial charge in [-0.25, -0.2) is 13.2 Å². The predicted octanol–water partition coefficient (Wildman–Crippen LogP) is 2.51. The number of carboxylic acids is 1. The van der Waals surface area contributed by atoms with Crippen molar-refractivity contribution in [2.24, 2.45) is 5.41 Å². The number of rotatable bonds is 3. The lowest BCUT2D eigenvalue weighted by Gasteiger charge is -2.19. The van der Waals surface area contributed by atoms with Gasteiger partial charge in [-0.2, -0.15) is 0 Å². The van der Waals surface area contributed by atoms with Gasteiger partial charge in [0.1, 0.15) is 0 Å². The molecule has 0 atom stereocenters. The Morgan fingerprint density at radius 2 is 1.83 bits per heavy atom. The molecular weight excluding hydrogens is 252 g/mol. The summed E-state index contributed by atoms with van der Waals surface area (Å²) in [5.41, 5.74) is 0.234. The van der Waals surface area contributed by atoms with Gasteiger partial charge in [-0.1, -0.05) is 20.8 Å². The fourth-order valence-corrected chi connectivity index (χ4v) is 3.90. The normalized spacial score (nSPS) is 12.4.